The van der Waals surface area contributed by atoms with E-state index in [2.05, 4.69) is 85.7 Å². The Bertz CT molecular complexity index is 876. The Morgan fingerprint density at radius 1 is 0.846 bits per heavy atom. The fourth-order valence-corrected chi connectivity index (χ4v) is 3.70. The van der Waals surface area contributed by atoms with Crippen molar-refractivity contribution < 1.29 is 9.53 Å². The maximum Gasteiger partial charge on any atom is 0.323 e. The van der Waals surface area contributed by atoms with Crippen molar-refractivity contribution >= 4 is 5.97 Å². The van der Waals surface area contributed by atoms with Crippen LogP contribution in [0.5, 0.6) is 5.75 Å². The first kappa shape index (κ1) is 18.7. The standard InChI is InChI=1S/C24H30O2/c1-14-9-10-17(15(2)11-14)20-18-12-16(23(3,4)5)13-19(24(6,7)8)21(18)26-22(20)25/h9-13,20H,1-8H3. The van der Waals surface area contributed by atoms with E-state index in [1.807, 2.05) is 0 Å². The van der Waals surface area contributed by atoms with Crippen LogP contribution in [0.15, 0.2) is 30.3 Å². The summed E-state index contributed by atoms with van der Waals surface area (Å²) in [5.41, 5.74) is 6.67. The molecule has 0 N–H and O–H groups in total. The number of carbonyl (C=O) groups excluding carboxylic acids is 1. The lowest BCUT2D eigenvalue weighted by Crippen LogP contribution is -2.17. The first-order chi connectivity index (χ1) is 11.9. The lowest BCUT2D eigenvalue weighted by atomic mass is 9.77. The number of hydrogen-bond acceptors (Lipinski definition) is 2. The molecule has 26 heavy (non-hydrogen) atoms. The molecule has 1 atom stereocenters. The Balaban J connectivity index is 2.28. The zero-order chi connectivity index (χ0) is 19.4. The average molecular weight is 351 g/mol. The predicted octanol–water partition coefficient (Wildman–Crippen LogP) is 5.95. The number of carbonyl (C=O) groups is 1. The van der Waals surface area contributed by atoms with Gasteiger partial charge in [0.15, 0.2) is 0 Å². The van der Waals surface area contributed by atoms with Crippen LogP contribution in [-0.4, -0.2) is 5.97 Å². The van der Waals surface area contributed by atoms with E-state index in [-0.39, 0.29) is 22.7 Å². The van der Waals surface area contributed by atoms with Crippen LogP contribution in [-0.2, 0) is 15.6 Å². The third kappa shape index (κ3) is 3.18. The summed E-state index contributed by atoms with van der Waals surface area (Å²) in [5, 5.41) is 0. The molecule has 2 heteroatoms. The molecular formula is C24H30O2. The van der Waals surface area contributed by atoms with Crippen molar-refractivity contribution in [3.05, 3.63) is 63.7 Å². The van der Waals surface area contributed by atoms with Gasteiger partial charge in [0, 0.05) is 11.1 Å². The summed E-state index contributed by atoms with van der Waals surface area (Å²) in [6.07, 6.45) is 0. The number of esters is 1. The molecule has 1 heterocycles. The average Bonchev–Trinajstić information content (AvgIpc) is 2.80. The topological polar surface area (TPSA) is 26.3 Å². The monoisotopic (exact) mass is 350 g/mol. The molecule has 0 aromatic heterocycles. The van der Waals surface area contributed by atoms with Crippen molar-refractivity contribution in [2.24, 2.45) is 0 Å². The van der Waals surface area contributed by atoms with E-state index in [0.29, 0.717) is 0 Å². The van der Waals surface area contributed by atoms with Crippen LogP contribution < -0.4 is 4.74 Å². The largest absolute Gasteiger partial charge is 0.425 e. The summed E-state index contributed by atoms with van der Waals surface area (Å²) in [6.45, 7) is 17.3. The summed E-state index contributed by atoms with van der Waals surface area (Å²) in [5.74, 6) is 0.262. The minimum atomic E-state index is -0.339. The minimum absolute atomic E-state index is 0.00748. The Labute approximate surface area is 157 Å². The second kappa shape index (κ2) is 5.97. The van der Waals surface area contributed by atoms with Gasteiger partial charge in [0.25, 0.3) is 0 Å². The van der Waals surface area contributed by atoms with Gasteiger partial charge < -0.3 is 4.74 Å². The Morgan fingerprint density at radius 2 is 1.50 bits per heavy atom. The molecule has 1 aliphatic rings. The molecule has 0 saturated carbocycles. The SMILES string of the molecule is Cc1ccc(C2C(=O)Oc3c2cc(C(C)(C)C)cc3C(C)(C)C)c(C)c1. The van der Waals surface area contributed by atoms with Gasteiger partial charge in [-0.05, 0) is 41.4 Å². The van der Waals surface area contributed by atoms with Gasteiger partial charge in [-0.1, -0.05) is 77.4 Å². The highest BCUT2D eigenvalue weighted by atomic mass is 16.5. The van der Waals surface area contributed by atoms with Crippen LogP contribution >= 0.6 is 0 Å². The van der Waals surface area contributed by atoms with E-state index >= 15 is 0 Å². The van der Waals surface area contributed by atoms with E-state index in [1.54, 1.807) is 0 Å². The molecule has 1 aliphatic heterocycles. The smallest absolute Gasteiger partial charge is 0.323 e. The molecule has 0 spiro atoms. The molecule has 1 unspecified atom stereocenters. The van der Waals surface area contributed by atoms with Crippen LogP contribution in [0.25, 0.3) is 0 Å². The van der Waals surface area contributed by atoms with Crippen molar-refractivity contribution in [2.75, 3.05) is 0 Å². The number of fused-ring (bicyclic) bond motifs is 1. The molecule has 0 fully saturated rings. The number of aryl methyl sites for hydroxylation is 2. The summed E-state index contributed by atoms with van der Waals surface area (Å²) < 4.78 is 5.85. The van der Waals surface area contributed by atoms with Crippen molar-refractivity contribution in [2.45, 2.75) is 72.1 Å². The Kier molecular flexibility index (Phi) is 4.29. The van der Waals surface area contributed by atoms with Crippen LogP contribution in [0.4, 0.5) is 0 Å². The van der Waals surface area contributed by atoms with Crippen LogP contribution in [0.2, 0.25) is 0 Å². The van der Waals surface area contributed by atoms with Gasteiger partial charge >= 0.3 is 5.97 Å². The quantitative estimate of drug-likeness (QED) is 0.469. The van der Waals surface area contributed by atoms with Gasteiger partial charge in [0.1, 0.15) is 11.7 Å². The second-order valence-electron chi connectivity index (χ2n) is 9.66. The maximum absolute atomic E-state index is 12.9. The Hall–Kier alpha value is -2.09. The summed E-state index contributed by atoms with van der Waals surface area (Å²) in [6, 6.07) is 10.7. The van der Waals surface area contributed by atoms with Crippen LogP contribution in [0.3, 0.4) is 0 Å². The maximum atomic E-state index is 12.9. The van der Waals surface area contributed by atoms with Crippen molar-refractivity contribution in [3.63, 3.8) is 0 Å². The lowest BCUT2D eigenvalue weighted by molar-refractivity contribution is -0.133. The van der Waals surface area contributed by atoms with Crippen LogP contribution in [0.1, 0.15) is 80.8 Å². The van der Waals surface area contributed by atoms with Gasteiger partial charge in [-0.2, -0.15) is 0 Å². The Morgan fingerprint density at radius 3 is 2.04 bits per heavy atom. The molecule has 0 saturated heterocycles. The first-order valence-electron chi connectivity index (χ1n) is 9.37. The normalized spacial score (nSPS) is 17.2. The highest BCUT2D eigenvalue weighted by molar-refractivity contribution is 5.91. The van der Waals surface area contributed by atoms with Crippen molar-refractivity contribution in [1.82, 2.24) is 0 Å². The predicted molar refractivity (Wildman–Crippen MR) is 107 cm³/mol. The molecule has 0 amide bonds. The number of hydrogen-bond donors (Lipinski definition) is 0. The molecule has 0 aliphatic carbocycles. The summed E-state index contributed by atoms with van der Waals surface area (Å²) in [4.78, 5) is 12.9. The van der Waals surface area contributed by atoms with Crippen molar-refractivity contribution in [1.29, 1.82) is 0 Å². The minimum Gasteiger partial charge on any atom is -0.425 e. The summed E-state index contributed by atoms with van der Waals surface area (Å²) in [7, 11) is 0. The third-order valence-corrected chi connectivity index (χ3v) is 5.28. The van der Waals surface area contributed by atoms with Gasteiger partial charge in [0.2, 0.25) is 0 Å². The van der Waals surface area contributed by atoms with Gasteiger partial charge in [-0.3, -0.25) is 4.79 Å². The van der Waals surface area contributed by atoms with E-state index in [1.165, 1.54) is 11.1 Å². The van der Waals surface area contributed by atoms with E-state index in [0.717, 1.165) is 28.0 Å². The number of benzene rings is 2. The highest BCUT2D eigenvalue weighted by Crippen LogP contribution is 2.47. The third-order valence-electron chi connectivity index (χ3n) is 5.28. The van der Waals surface area contributed by atoms with E-state index in [4.69, 9.17) is 4.74 Å². The highest BCUT2D eigenvalue weighted by Gasteiger charge is 2.40. The molecular weight excluding hydrogens is 320 g/mol. The lowest BCUT2D eigenvalue weighted by Gasteiger charge is -2.27. The molecule has 2 aromatic carbocycles. The zero-order valence-corrected chi connectivity index (χ0v) is 17.3. The molecule has 0 radical (unpaired) electrons. The fourth-order valence-electron chi connectivity index (χ4n) is 3.70. The molecule has 2 nitrogen and oxygen atoms in total. The van der Waals surface area contributed by atoms with Crippen LogP contribution in [0, 0.1) is 13.8 Å². The number of rotatable bonds is 1. The van der Waals surface area contributed by atoms with Gasteiger partial charge in [-0.25, -0.2) is 0 Å². The molecule has 0 bridgehead atoms. The van der Waals surface area contributed by atoms with E-state index < -0.39 is 0 Å². The van der Waals surface area contributed by atoms with Gasteiger partial charge in [-0.15, -0.1) is 0 Å². The van der Waals surface area contributed by atoms with Gasteiger partial charge in [0.05, 0.1) is 0 Å². The first-order valence-corrected chi connectivity index (χ1v) is 9.37. The zero-order valence-electron chi connectivity index (χ0n) is 17.3. The fraction of sp³-hybridized carbons (Fsp3) is 0.458. The van der Waals surface area contributed by atoms with E-state index in [9.17, 15) is 4.79 Å². The van der Waals surface area contributed by atoms with Crippen molar-refractivity contribution in [3.8, 4) is 5.75 Å². The molecule has 138 valence electrons. The number of ether oxygens (including phenoxy) is 1. The summed E-state index contributed by atoms with van der Waals surface area (Å²) >= 11 is 0. The second-order valence-corrected chi connectivity index (χ2v) is 9.66. The molecule has 3 rings (SSSR count). The molecule has 2 aromatic rings.